The molecule has 0 aromatic heterocycles. The second-order valence-electron chi connectivity index (χ2n) is 5.18. The van der Waals surface area contributed by atoms with Crippen LogP contribution in [0.1, 0.15) is 15.9 Å². The molecule has 8 heteroatoms. The molecule has 0 saturated heterocycles. The van der Waals surface area contributed by atoms with E-state index in [0.29, 0.717) is 18.7 Å². The van der Waals surface area contributed by atoms with Gasteiger partial charge in [-0.05, 0) is 48.4 Å². The zero-order chi connectivity index (χ0) is 16.6. The third-order valence-electron chi connectivity index (χ3n) is 3.73. The Hall–Kier alpha value is -2.58. The van der Waals surface area contributed by atoms with E-state index < -0.39 is 15.9 Å². The minimum absolute atomic E-state index is 0.0896. The molecule has 0 atom stereocenters. The summed E-state index contributed by atoms with van der Waals surface area (Å²) in [5, 5.41) is 3.14. The number of carbonyl (C=O) groups excluding carboxylic acids is 1. The van der Waals surface area contributed by atoms with Gasteiger partial charge in [0.25, 0.3) is 15.9 Å². The van der Waals surface area contributed by atoms with Crippen LogP contribution in [0.3, 0.4) is 0 Å². The molecule has 2 aromatic rings. The smallest absolute Gasteiger partial charge is 0.282 e. The lowest BCUT2D eigenvalue weighted by Gasteiger charge is -2.18. The Morgan fingerprint density at radius 1 is 1.13 bits per heavy atom. The molecule has 0 spiro atoms. The van der Waals surface area contributed by atoms with Gasteiger partial charge in [-0.15, -0.1) is 0 Å². The molecule has 1 amide bonds. The van der Waals surface area contributed by atoms with Crippen LogP contribution in [0.4, 0.5) is 11.4 Å². The fourth-order valence-electron chi connectivity index (χ4n) is 2.53. The Bertz CT molecular complexity index is 863. The van der Waals surface area contributed by atoms with Crippen LogP contribution in [0, 0.1) is 0 Å². The maximum Gasteiger partial charge on any atom is 0.282 e. The van der Waals surface area contributed by atoms with Crippen LogP contribution in [-0.2, 0) is 16.4 Å². The van der Waals surface area contributed by atoms with Gasteiger partial charge in [-0.3, -0.25) is 4.79 Å². The van der Waals surface area contributed by atoms with Crippen molar-refractivity contribution < 1.29 is 13.2 Å². The first-order chi connectivity index (χ1) is 10.9. The van der Waals surface area contributed by atoms with E-state index in [0.717, 1.165) is 11.3 Å². The van der Waals surface area contributed by atoms with Gasteiger partial charge in [-0.1, -0.05) is 6.07 Å². The van der Waals surface area contributed by atoms with Crippen molar-refractivity contribution in [2.75, 3.05) is 17.6 Å². The largest absolute Gasteiger partial charge is 0.399 e. The van der Waals surface area contributed by atoms with E-state index in [2.05, 4.69) is 5.32 Å². The fourth-order valence-corrected chi connectivity index (χ4v) is 3.55. The van der Waals surface area contributed by atoms with E-state index in [1.165, 1.54) is 24.3 Å². The minimum Gasteiger partial charge on any atom is -0.399 e. The molecule has 0 aliphatic carbocycles. The summed E-state index contributed by atoms with van der Waals surface area (Å²) in [4.78, 5) is 12.5. The van der Waals surface area contributed by atoms with Crippen LogP contribution in [-0.4, -0.2) is 25.3 Å². The van der Waals surface area contributed by atoms with E-state index in [9.17, 15) is 13.2 Å². The monoisotopic (exact) mass is 332 g/mol. The maximum atomic E-state index is 12.6. The summed E-state index contributed by atoms with van der Waals surface area (Å²) < 4.78 is 25.2. The average Bonchev–Trinajstić information content (AvgIpc) is 3.02. The first kappa shape index (κ1) is 15.3. The molecular formula is C15H16N4O3S. The normalized spacial score (nSPS) is 13.3. The zero-order valence-electron chi connectivity index (χ0n) is 12.2. The molecule has 0 unspecified atom stereocenters. The molecule has 7 nitrogen and oxygen atoms in total. The highest BCUT2D eigenvalue weighted by Crippen LogP contribution is 2.27. The van der Waals surface area contributed by atoms with Crippen molar-refractivity contribution in [1.82, 2.24) is 4.41 Å². The first-order valence-corrected chi connectivity index (χ1v) is 8.41. The number of fused-ring (bicyclic) bond motifs is 1. The third kappa shape index (κ3) is 2.62. The van der Waals surface area contributed by atoms with E-state index in [4.69, 9.17) is 11.6 Å². The zero-order valence-corrected chi connectivity index (χ0v) is 13.0. The summed E-state index contributed by atoms with van der Waals surface area (Å²) in [5.74, 6) is 4.87. The van der Waals surface area contributed by atoms with E-state index in [1.807, 2.05) is 6.07 Å². The number of hydrogen-bond donors (Lipinski definition) is 3. The van der Waals surface area contributed by atoms with Crippen LogP contribution >= 0.6 is 0 Å². The highest BCUT2D eigenvalue weighted by molar-refractivity contribution is 7.89. The number of hydrazine groups is 1. The molecule has 2 aromatic carbocycles. The number of amides is 1. The molecule has 0 bridgehead atoms. The van der Waals surface area contributed by atoms with Crippen molar-refractivity contribution in [2.45, 2.75) is 11.3 Å². The van der Waals surface area contributed by atoms with Gasteiger partial charge in [0.05, 0.1) is 4.90 Å². The molecular weight excluding hydrogens is 316 g/mol. The molecule has 0 saturated carbocycles. The lowest BCUT2D eigenvalue weighted by atomic mass is 10.0. The Morgan fingerprint density at radius 3 is 2.52 bits per heavy atom. The summed E-state index contributed by atoms with van der Waals surface area (Å²) in [5.41, 5.74) is 7.86. The van der Waals surface area contributed by atoms with Crippen molar-refractivity contribution in [3.63, 3.8) is 0 Å². The second-order valence-corrected chi connectivity index (χ2v) is 7.00. The predicted molar refractivity (Wildman–Crippen MR) is 87.0 cm³/mol. The van der Waals surface area contributed by atoms with Gasteiger partial charge < -0.3 is 11.1 Å². The Labute approximate surface area is 133 Å². The molecule has 1 heterocycles. The number of nitrogen functional groups attached to an aromatic ring is 1. The third-order valence-corrected chi connectivity index (χ3v) is 5.29. The number of nitrogens with one attached hydrogen (secondary N) is 1. The number of rotatable bonds is 3. The lowest BCUT2D eigenvalue weighted by molar-refractivity contribution is 0.0860. The van der Waals surface area contributed by atoms with Gasteiger partial charge in [0.1, 0.15) is 0 Å². The number of nitrogens with zero attached hydrogens (tertiary/aromatic N) is 1. The van der Waals surface area contributed by atoms with Crippen molar-refractivity contribution in [1.29, 1.82) is 0 Å². The van der Waals surface area contributed by atoms with E-state index in [1.54, 1.807) is 12.1 Å². The van der Waals surface area contributed by atoms with Crippen LogP contribution in [0.15, 0.2) is 47.4 Å². The topological polar surface area (TPSA) is 119 Å². The van der Waals surface area contributed by atoms with Gasteiger partial charge in [0.15, 0.2) is 0 Å². The van der Waals surface area contributed by atoms with Crippen LogP contribution < -0.4 is 16.9 Å². The van der Waals surface area contributed by atoms with Crippen molar-refractivity contribution in [3.8, 4) is 0 Å². The van der Waals surface area contributed by atoms with Crippen molar-refractivity contribution in [2.24, 2.45) is 5.84 Å². The maximum absolute atomic E-state index is 12.6. The number of benzene rings is 2. The summed E-state index contributed by atoms with van der Waals surface area (Å²) in [6.07, 6.45) is 0.646. The molecule has 5 N–H and O–H groups in total. The summed E-state index contributed by atoms with van der Waals surface area (Å²) in [7, 11) is -4.13. The van der Waals surface area contributed by atoms with Gasteiger partial charge in [-0.2, -0.15) is 12.8 Å². The van der Waals surface area contributed by atoms with Crippen LogP contribution in [0.5, 0.6) is 0 Å². The van der Waals surface area contributed by atoms with E-state index >= 15 is 0 Å². The number of nitrogens with two attached hydrogens (primary N) is 2. The van der Waals surface area contributed by atoms with Gasteiger partial charge in [0.2, 0.25) is 0 Å². The van der Waals surface area contributed by atoms with E-state index in [-0.39, 0.29) is 14.9 Å². The molecule has 1 aliphatic heterocycles. The second kappa shape index (κ2) is 5.56. The molecule has 0 fully saturated rings. The highest BCUT2D eigenvalue weighted by Gasteiger charge is 2.30. The van der Waals surface area contributed by atoms with Gasteiger partial charge in [-0.25, -0.2) is 5.84 Å². The number of carbonyl (C=O) groups is 1. The molecule has 1 aliphatic rings. The number of sulfonamides is 1. The van der Waals surface area contributed by atoms with Gasteiger partial charge in [0, 0.05) is 23.5 Å². The highest BCUT2D eigenvalue weighted by atomic mass is 32.2. The summed E-state index contributed by atoms with van der Waals surface area (Å²) >= 11 is 0. The molecule has 120 valence electrons. The first-order valence-electron chi connectivity index (χ1n) is 6.97. The van der Waals surface area contributed by atoms with Crippen molar-refractivity contribution in [3.05, 3.63) is 53.6 Å². The molecule has 23 heavy (non-hydrogen) atoms. The van der Waals surface area contributed by atoms with Gasteiger partial charge >= 0.3 is 0 Å². The van der Waals surface area contributed by atoms with Crippen LogP contribution in [0.25, 0.3) is 0 Å². The minimum atomic E-state index is -4.13. The summed E-state index contributed by atoms with van der Waals surface area (Å²) in [6, 6.07) is 10.6. The standard InChI is InChI=1S/C15H16N4O3S/c16-10-4-6-11(7-5-10)23(21,22)19(17)15(20)13-2-1-3-14-12(13)8-9-18-14/h1-7,18H,8-9,16-17H2. The van der Waals surface area contributed by atoms with Crippen LogP contribution in [0.2, 0.25) is 0 Å². The number of hydrogen-bond acceptors (Lipinski definition) is 6. The quantitative estimate of drug-likeness (QED) is 0.333. The Balaban J connectivity index is 1.97. The SMILES string of the molecule is Nc1ccc(S(=O)(=O)N(N)C(=O)c2cccc3c2CCN3)cc1. The lowest BCUT2D eigenvalue weighted by Crippen LogP contribution is -2.42. The summed E-state index contributed by atoms with van der Waals surface area (Å²) in [6.45, 7) is 0.703. The average molecular weight is 332 g/mol. The predicted octanol–water partition coefficient (Wildman–Crippen LogP) is 0.942. The van der Waals surface area contributed by atoms with Crippen molar-refractivity contribution >= 4 is 27.3 Å². The number of anilines is 2. The molecule has 3 rings (SSSR count). The Morgan fingerprint density at radius 2 is 1.83 bits per heavy atom. The fraction of sp³-hybridized carbons (Fsp3) is 0.133. The Kier molecular flexibility index (Phi) is 3.70. The molecule has 0 radical (unpaired) electrons.